The Morgan fingerprint density at radius 2 is 1.90 bits per heavy atom. The Hall–Kier alpha value is -2.14. The van der Waals surface area contributed by atoms with E-state index >= 15 is 0 Å². The minimum Gasteiger partial charge on any atom is -0.489 e. The molecule has 1 aliphatic heterocycles. The fourth-order valence-corrected chi connectivity index (χ4v) is 3.78. The van der Waals surface area contributed by atoms with Crippen LogP contribution in [0.25, 0.3) is 0 Å². The Morgan fingerprint density at radius 1 is 1.19 bits per heavy atom. The number of carbonyl (C=O) groups is 1. The Kier molecular flexibility index (Phi) is 3.75. The van der Waals surface area contributed by atoms with Gasteiger partial charge in [0.05, 0.1) is 27.0 Å². The third-order valence-corrected chi connectivity index (χ3v) is 4.93. The largest absolute Gasteiger partial charge is 0.489 e. The zero-order chi connectivity index (χ0) is 14.8. The average Bonchev–Trinajstić information content (AvgIpc) is 2.89. The van der Waals surface area contributed by atoms with Gasteiger partial charge in [-0.15, -0.1) is 0 Å². The molecule has 2 unspecified atom stereocenters. The lowest BCUT2D eigenvalue weighted by atomic mass is 10.1. The first-order valence-corrected chi connectivity index (χ1v) is 7.92. The molecule has 0 fully saturated rings. The molecule has 2 atom stereocenters. The van der Waals surface area contributed by atoms with Gasteiger partial charge in [-0.1, -0.05) is 30.3 Å². The van der Waals surface area contributed by atoms with Crippen molar-refractivity contribution in [1.82, 2.24) is 0 Å². The van der Waals surface area contributed by atoms with E-state index < -0.39 is 16.8 Å². The fourth-order valence-electron chi connectivity index (χ4n) is 2.45. The molecule has 108 valence electrons. The lowest BCUT2D eigenvalue weighted by molar-refractivity contribution is 0.0693. The highest BCUT2D eigenvalue weighted by Crippen LogP contribution is 2.29. The number of hydrogen-bond acceptors (Lipinski definition) is 3. The molecule has 0 aliphatic carbocycles. The third kappa shape index (κ3) is 2.83. The van der Waals surface area contributed by atoms with E-state index in [4.69, 9.17) is 9.84 Å². The molecule has 0 saturated carbocycles. The number of fused-ring (bicyclic) bond motifs is 1. The van der Waals surface area contributed by atoms with Crippen LogP contribution in [0, 0.1) is 0 Å². The number of ether oxygens (including phenoxy) is 1. The maximum absolute atomic E-state index is 12.4. The molecule has 4 nitrogen and oxygen atoms in total. The van der Waals surface area contributed by atoms with Gasteiger partial charge in [0.25, 0.3) is 0 Å². The summed E-state index contributed by atoms with van der Waals surface area (Å²) >= 11 is 0. The first-order chi connectivity index (χ1) is 10.1. The number of benzene rings is 2. The molecule has 0 spiro atoms. The van der Waals surface area contributed by atoms with E-state index in [9.17, 15) is 9.00 Å². The van der Waals surface area contributed by atoms with Gasteiger partial charge in [-0.25, -0.2) is 4.79 Å². The van der Waals surface area contributed by atoms with Gasteiger partial charge in [-0.05, 0) is 23.8 Å². The van der Waals surface area contributed by atoms with E-state index in [2.05, 4.69) is 0 Å². The molecule has 0 bridgehead atoms. The van der Waals surface area contributed by atoms with E-state index in [1.165, 1.54) is 6.07 Å². The molecule has 0 saturated heterocycles. The SMILES string of the molecule is O=C(O)c1ccccc1S(=O)CC1Cc2ccccc2O1. The lowest BCUT2D eigenvalue weighted by Crippen LogP contribution is -2.22. The van der Waals surface area contributed by atoms with Crippen molar-refractivity contribution < 1.29 is 18.8 Å². The van der Waals surface area contributed by atoms with Gasteiger partial charge in [-0.2, -0.15) is 0 Å². The van der Waals surface area contributed by atoms with Gasteiger partial charge in [0.2, 0.25) is 0 Å². The van der Waals surface area contributed by atoms with Gasteiger partial charge >= 0.3 is 5.97 Å². The zero-order valence-corrected chi connectivity index (χ0v) is 12.0. The minimum absolute atomic E-state index is 0.0892. The van der Waals surface area contributed by atoms with Crippen molar-refractivity contribution in [1.29, 1.82) is 0 Å². The Labute approximate surface area is 124 Å². The molecule has 21 heavy (non-hydrogen) atoms. The van der Waals surface area contributed by atoms with Gasteiger partial charge in [-0.3, -0.25) is 4.21 Å². The second-order valence-corrected chi connectivity index (χ2v) is 6.33. The standard InChI is InChI=1S/C16H14O4S/c17-16(18)13-6-2-4-8-15(13)21(19)10-12-9-11-5-1-3-7-14(11)20-12/h1-8,12H,9-10H2,(H,17,18). The molecule has 5 heteroatoms. The van der Waals surface area contributed by atoms with E-state index in [-0.39, 0.29) is 11.7 Å². The normalized spacial score (nSPS) is 17.8. The molecule has 0 amide bonds. The molecule has 1 heterocycles. The average molecular weight is 302 g/mol. The maximum Gasteiger partial charge on any atom is 0.336 e. The molecule has 2 aromatic rings. The van der Waals surface area contributed by atoms with Crippen LogP contribution in [-0.2, 0) is 17.2 Å². The molecule has 1 aliphatic rings. The number of carboxylic acids is 1. The van der Waals surface area contributed by atoms with Gasteiger partial charge in [0.15, 0.2) is 0 Å². The van der Waals surface area contributed by atoms with Crippen molar-refractivity contribution in [3.63, 3.8) is 0 Å². The summed E-state index contributed by atoms with van der Waals surface area (Å²) in [5, 5.41) is 9.15. The van der Waals surface area contributed by atoms with Crippen molar-refractivity contribution in [2.75, 3.05) is 5.75 Å². The summed E-state index contributed by atoms with van der Waals surface area (Å²) in [6, 6.07) is 14.1. The molecular formula is C16H14O4S. The number of aromatic carboxylic acids is 1. The molecule has 0 radical (unpaired) electrons. The highest BCUT2D eigenvalue weighted by Gasteiger charge is 2.26. The first kappa shape index (κ1) is 13.8. The summed E-state index contributed by atoms with van der Waals surface area (Å²) in [6.07, 6.45) is 0.530. The first-order valence-electron chi connectivity index (χ1n) is 6.60. The van der Waals surface area contributed by atoms with Crippen LogP contribution in [0.1, 0.15) is 15.9 Å². The maximum atomic E-state index is 12.4. The summed E-state index contributed by atoms with van der Waals surface area (Å²) in [5.41, 5.74) is 1.19. The zero-order valence-electron chi connectivity index (χ0n) is 11.2. The molecule has 0 aromatic heterocycles. The van der Waals surface area contributed by atoms with E-state index in [1.54, 1.807) is 18.2 Å². The Balaban J connectivity index is 1.76. The van der Waals surface area contributed by atoms with Gasteiger partial charge < -0.3 is 9.84 Å². The Morgan fingerprint density at radius 3 is 2.67 bits per heavy atom. The van der Waals surface area contributed by atoms with Crippen molar-refractivity contribution in [3.8, 4) is 5.75 Å². The van der Waals surface area contributed by atoms with E-state index in [1.807, 2.05) is 24.3 Å². The smallest absolute Gasteiger partial charge is 0.336 e. The van der Waals surface area contributed by atoms with Gasteiger partial charge in [0.1, 0.15) is 11.9 Å². The number of rotatable bonds is 4. The number of carboxylic acid groups (broad SMARTS) is 1. The Bertz CT molecular complexity index is 686. The van der Waals surface area contributed by atoms with Crippen LogP contribution in [0.4, 0.5) is 0 Å². The van der Waals surface area contributed by atoms with Crippen LogP contribution in [0.2, 0.25) is 0 Å². The summed E-state index contributed by atoms with van der Waals surface area (Å²) in [6.45, 7) is 0. The van der Waals surface area contributed by atoms with Gasteiger partial charge in [0, 0.05) is 6.42 Å². The highest BCUT2D eigenvalue weighted by molar-refractivity contribution is 7.85. The monoisotopic (exact) mass is 302 g/mol. The van der Waals surface area contributed by atoms with Crippen molar-refractivity contribution in [2.45, 2.75) is 17.4 Å². The van der Waals surface area contributed by atoms with Crippen LogP contribution in [0.15, 0.2) is 53.4 Å². The molecule has 2 aromatic carbocycles. The topological polar surface area (TPSA) is 63.6 Å². The summed E-state index contributed by atoms with van der Waals surface area (Å²) in [4.78, 5) is 11.5. The second kappa shape index (κ2) is 5.69. The summed E-state index contributed by atoms with van der Waals surface area (Å²) < 4.78 is 18.2. The van der Waals surface area contributed by atoms with Crippen LogP contribution in [-0.4, -0.2) is 27.1 Å². The van der Waals surface area contributed by atoms with Crippen LogP contribution < -0.4 is 4.74 Å². The molecule has 1 N–H and O–H groups in total. The second-order valence-electron chi connectivity index (χ2n) is 4.87. The lowest BCUT2D eigenvalue weighted by Gasteiger charge is -2.11. The van der Waals surface area contributed by atoms with Crippen molar-refractivity contribution >= 4 is 16.8 Å². The van der Waals surface area contributed by atoms with Crippen LogP contribution in [0.3, 0.4) is 0 Å². The highest BCUT2D eigenvalue weighted by atomic mass is 32.2. The quantitative estimate of drug-likeness (QED) is 0.942. The summed E-state index contributed by atoms with van der Waals surface area (Å²) in [7, 11) is -1.40. The van der Waals surface area contributed by atoms with Crippen LogP contribution >= 0.6 is 0 Å². The third-order valence-electron chi connectivity index (χ3n) is 3.41. The summed E-state index contributed by atoms with van der Waals surface area (Å²) in [5.74, 6) is 0.0551. The number of hydrogen-bond donors (Lipinski definition) is 1. The molecular weight excluding hydrogens is 288 g/mol. The van der Waals surface area contributed by atoms with E-state index in [0.717, 1.165) is 11.3 Å². The van der Waals surface area contributed by atoms with Crippen LogP contribution in [0.5, 0.6) is 5.75 Å². The fraction of sp³-hybridized carbons (Fsp3) is 0.188. The molecule has 3 rings (SSSR count). The number of para-hydroxylation sites is 1. The predicted molar refractivity (Wildman–Crippen MR) is 79.2 cm³/mol. The predicted octanol–water partition coefficient (Wildman–Crippen LogP) is 2.50. The van der Waals surface area contributed by atoms with Crippen molar-refractivity contribution in [2.24, 2.45) is 0 Å². The van der Waals surface area contributed by atoms with E-state index in [0.29, 0.717) is 17.1 Å². The van der Waals surface area contributed by atoms with Crippen molar-refractivity contribution in [3.05, 3.63) is 59.7 Å². The minimum atomic E-state index is -1.40.